The molecule has 4 aromatic rings. The maximum Gasteiger partial charge on any atom is 0.425 e. The molecule has 1 aliphatic carbocycles. The molecule has 1 fully saturated rings. The lowest BCUT2D eigenvalue weighted by molar-refractivity contribution is 0.0425. The van der Waals surface area contributed by atoms with Gasteiger partial charge in [0.05, 0.1) is 22.4 Å². The number of anilines is 1. The average molecular weight is 854 g/mol. The first-order valence-corrected chi connectivity index (χ1v) is 21.9. The number of pyridine rings is 1. The minimum Gasteiger partial charge on any atom is -0.444 e. The molecule has 326 valence electrons. The highest BCUT2D eigenvalue weighted by molar-refractivity contribution is 7.89. The number of ether oxygens (including phenoxy) is 3. The number of benzene rings is 2. The van der Waals surface area contributed by atoms with Crippen LogP contribution in [0.5, 0.6) is 0 Å². The molecule has 0 radical (unpaired) electrons. The number of hydrogen-bond acceptors (Lipinski definition) is 10. The van der Waals surface area contributed by atoms with Crippen molar-refractivity contribution in [1.82, 2.24) is 20.1 Å². The van der Waals surface area contributed by atoms with Gasteiger partial charge in [0.15, 0.2) is 15.7 Å². The summed E-state index contributed by atoms with van der Waals surface area (Å²) in [5.41, 5.74) is -1.18. The van der Waals surface area contributed by atoms with Crippen molar-refractivity contribution in [2.75, 3.05) is 4.90 Å². The molecule has 0 saturated heterocycles. The Morgan fingerprint density at radius 3 is 1.88 bits per heavy atom. The minimum absolute atomic E-state index is 0.0247. The fourth-order valence-electron chi connectivity index (χ4n) is 7.06. The minimum atomic E-state index is -4.01. The van der Waals surface area contributed by atoms with E-state index in [1.54, 1.807) is 73.2 Å². The molecule has 0 unspecified atom stereocenters. The predicted molar refractivity (Wildman–Crippen MR) is 225 cm³/mol. The molecule has 0 atom stereocenters. The Bertz CT molecular complexity index is 2320. The Hall–Kier alpha value is -5.12. The highest BCUT2D eigenvalue weighted by Gasteiger charge is 2.38. The lowest BCUT2D eigenvalue weighted by Crippen LogP contribution is -2.44. The summed E-state index contributed by atoms with van der Waals surface area (Å²) in [4.78, 5) is 46.2. The zero-order chi connectivity index (χ0) is 44.5. The second-order valence-corrected chi connectivity index (χ2v) is 20.6. The van der Waals surface area contributed by atoms with Gasteiger partial charge >= 0.3 is 18.3 Å². The van der Waals surface area contributed by atoms with Crippen LogP contribution < -0.4 is 10.2 Å². The zero-order valence-corrected chi connectivity index (χ0v) is 37.1. The monoisotopic (exact) mass is 853 g/mol. The van der Waals surface area contributed by atoms with Gasteiger partial charge in [0.2, 0.25) is 0 Å². The molecular weight excluding hydrogens is 797 g/mol. The maximum atomic E-state index is 16.1. The van der Waals surface area contributed by atoms with Crippen molar-refractivity contribution in [1.29, 1.82) is 0 Å². The Morgan fingerprint density at radius 1 is 0.817 bits per heavy atom. The van der Waals surface area contributed by atoms with Crippen molar-refractivity contribution in [3.63, 3.8) is 0 Å². The quantitative estimate of drug-likeness (QED) is 0.161. The number of sulfone groups is 1. The van der Waals surface area contributed by atoms with Gasteiger partial charge < -0.3 is 19.5 Å². The summed E-state index contributed by atoms with van der Waals surface area (Å²) in [5, 5.41) is 8.18. The molecule has 1 N–H and O–H groups in total. The van der Waals surface area contributed by atoms with Crippen LogP contribution in [0.3, 0.4) is 0 Å². The Balaban J connectivity index is 1.66. The summed E-state index contributed by atoms with van der Waals surface area (Å²) in [7, 11) is -4.01. The topological polar surface area (TPSA) is 159 Å². The zero-order valence-electron chi connectivity index (χ0n) is 36.3. The number of carbonyl (C=O) groups is 3. The van der Waals surface area contributed by atoms with Gasteiger partial charge in [0, 0.05) is 35.0 Å². The van der Waals surface area contributed by atoms with Crippen LogP contribution in [-0.4, -0.2) is 64.3 Å². The number of rotatable bonds is 9. The van der Waals surface area contributed by atoms with E-state index < -0.39 is 68.1 Å². The van der Waals surface area contributed by atoms with Crippen LogP contribution in [0.2, 0.25) is 0 Å². The number of alkyl carbamates (subject to hydrolysis) is 1. The second kappa shape index (κ2) is 17.5. The Labute approximate surface area is 351 Å². The number of halogens is 2. The average Bonchev–Trinajstić information content (AvgIpc) is 3.50. The number of amides is 3. The highest BCUT2D eigenvalue weighted by Crippen LogP contribution is 2.44. The predicted octanol–water partition coefficient (Wildman–Crippen LogP) is 10.3. The summed E-state index contributed by atoms with van der Waals surface area (Å²) in [6.45, 7) is 19.1. The van der Waals surface area contributed by atoms with Gasteiger partial charge in [-0.3, -0.25) is 4.68 Å². The largest absolute Gasteiger partial charge is 0.444 e. The molecule has 0 bridgehead atoms. The van der Waals surface area contributed by atoms with Crippen molar-refractivity contribution in [2.24, 2.45) is 0 Å². The van der Waals surface area contributed by atoms with E-state index in [-0.39, 0.29) is 51.6 Å². The maximum absolute atomic E-state index is 16.1. The molecule has 1 aliphatic rings. The number of aromatic nitrogens is 3. The first kappa shape index (κ1) is 46.0. The Kier molecular flexibility index (Phi) is 13.4. The number of nitrogens with zero attached hydrogens (tertiary/aromatic N) is 4. The smallest absolute Gasteiger partial charge is 0.425 e. The summed E-state index contributed by atoms with van der Waals surface area (Å²) in [6.07, 6.45) is 1.54. The normalized spacial score (nSPS) is 16.4. The van der Waals surface area contributed by atoms with Gasteiger partial charge in [-0.25, -0.2) is 36.6 Å². The number of fused-ring (bicyclic) bond motifs is 1. The van der Waals surface area contributed by atoms with Crippen LogP contribution in [0, 0.1) is 11.6 Å². The molecule has 2 heterocycles. The van der Waals surface area contributed by atoms with E-state index in [0.29, 0.717) is 31.2 Å². The van der Waals surface area contributed by atoms with E-state index >= 15 is 4.39 Å². The van der Waals surface area contributed by atoms with E-state index in [1.165, 1.54) is 30.3 Å². The van der Waals surface area contributed by atoms with Crippen molar-refractivity contribution in [2.45, 2.75) is 148 Å². The molecule has 2 aromatic heterocycles. The van der Waals surface area contributed by atoms with Crippen LogP contribution in [0.1, 0.15) is 130 Å². The number of imide groups is 1. The third-order valence-corrected chi connectivity index (χ3v) is 11.0. The first-order chi connectivity index (χ1) is 27.7. The third-order valence-electron chi connectivity index (χ3n) is 9.51. The second-order valence-electron chi connectivity index (χ2n) is 18.6. The SMILES string of the molecule is CC(C)n1nc(-c2ccc(CS(=O)(=O)Cc3ccccc3F)c(F)c2)c2c(N(C(=O)OC(C)(C)C)C(=O)OC(C)(C)C)ncc(C3CCC(NC(=O)OC(C)(C)C)CC3)c21. The van der Waals surface area contributed by atoms with Gasteiger partial charge in [0.1, 0.15) is 34.1 Å². The van der Waals surface area contributed by atoms with Crippen molar-refractivity contribution < 1.29 is 45.8 Å². The van der Waals surface area contributed by atoms with Gasteiger partial charge in [-0.05, 0) is 125 Å². The summed E-state index contributed by atoms with van der Waals surface area (Å²) < 4.78 is 75.5. The summed E-state index contributed by atoms with van der Waals surface area (Å²) in [6, 6.07) is 9.09. The van der Waals surface area contributed by atoms with E-state index in [2.05, 4.69) is 5.32 Å². The third kappa shape index (κ3) is 11.6. The fourth-order valence-corrected chi connectivity index (χ4v) is 8.58. The molecule has 2 aromatic carbocycles. The standard InChI is InChI=1S/C44H57F2N5O8S/c1-26(2)51-37-32(27-18-20-31(21-19-27)48-39(52)57-42(3,4)5)23-47-38(50(40(53)58-43(6,7)8)41(54)59-44(9,10)11)35(37)36(49-51)28-16-17-30(34(46)22-28)25-60(55,56)24-29-14-12-13-15-33(29)45/h12-17,22-23,26-27,31H,18-21,24-25H2,1-11H3,(H,48,52). The first-order valence-electron chi connectivity index (χ1n) is 20.1. The summed E-state index contributed by atoms with van der Waals surface area (Å²) >= 11 is 0. The van der Waals surface area contributed by atoms with Crippen LogP contribution in [-0.2, 0) is 35.6 Å². The van der Waals surface area contributed by atoms with E-state index in [1.807, 2.05) is 13.8 Å². The number of nitrogens with one attached hydrogen (secondary N) is 1. The van der Waals surface area contributed by atoms with Gasteiger partial charge in [0.25, 0.3) is 0 Å². The molecular formula is C44H57F2N5O8S. The summed E-state index contributed by atoms with van der Waals surface area (Å²) in [5.74, 6) is -3.09. The van der Waals surface area contributed by atoms with Gasteiger partial charge in [-0.2, -0.15) is 10.00 Å². The lowest BCUT2D eigenvalue weighted by atomic mass is 9.81. The van der Waals surface area contributed by atoms with Crippen LogP contribution in [0.4, 0.5) is 29.0 Å². The van der Waals surface area contributed by atoms with Gasteiger partial charge in [-0.15, -0.1) is 0 Å². The molecule has 0 spiro atoms. The van der Waals surface area contributed by atoms with E-state index in [9.17, 15) is 27.2 Å². The lowest BCUT2D eigenvalue weighted by Gasteiger charge is -2.31. The van der Waals surface area contributed by atoms with E-state index in [0.717, 1.165) is 22.6 Å². The van der Waals surface area contributed by atoms with Gasteiger partial charge in [-0.1, -0.05) is 30.3 Å². The van der Waals surface area contributed by atoms with Crippen molar-refractivity contribution in [3.8, 4) is 11.3 Å². The molecule has 3 amide bonds. The molecule has 1 saturated carbocycles. The van der Waals surface area contributed by atoms with Crippen LogP contribution in [0.25, 0.3) is 22.2 Å². The fraction of sp³-hybridized carbons (Fsp3) is 0.523. The molecule has 13 nitrogen and oxygen atoms in total. The van der Waals surface area contributed by atoms with Crippen molar-refractivity contribution >= 4 is 44.8 Å². The molecule has 60 heavy (non-hydrogen) atoms. The molecule has 5 rings (SSSR count). The molecule has 0 aliphatic heterocycles. The number of carbonyl (C=O) groups excluding carboxylic acids is 3. The highest BCUT2D eigenvalue weighted by atomic mass is 32.2. The van der Waals surface area contributed by atoms with Crippen LogP contribution in [0.15, 0.2) is 48.7 Å². The Morgan fingerprint density at radius 2 is 1.37 bits per heavy atom. The molecule has 16 heteroatoms. The van der Waals surface area contributed by atoms with E-state index in [4.69, 9.17) is 24.3 Å². The van der Waals surface area contributed by atoms with Crippen molar-refractivity contribution in [3.05, 3.63) is 77.0 Å². The number of hydrogen-bond donors (Lipinski definition) is 1. The van der Waals surface area contributed by atoms with Crippen LogP contribution >= 0.6 is 0 Å².